The van der Waals surface area contributed by atoms with Crippen LogP contribution in [0.1, 0.15) is 18.4 Å². The molecule has 0 spiro atoms. The predicted molar refractivity (Wildman–Crippen MR) is 76.4 cm³/mol. The van der Waals surface area contributed by atoms with Crippen LogP contribution in [0.2, 0.25) is 0 Å². The molecule has 1 amide bonds. The maximum atomic E-state index is 12.3. The van der Waals surface area contributed by atoms with Gasteiger partial charge >= 0.3 is 0 Å². The molecule has 4 N–H and O–H groups in total. The number of amides is 1. The molecule has 1 aliphatic heterocycles. The van der Waals surface area contributed by atoms with Gasteiger partial charge in [0.25, 0.3) is 0 Å². The highest BCUT2D eigenvalue weighted by Crippen LogP contribution is 2.29. The number of carbonyl (C=O) groups excluding carboxylic acids is 1. The minimum Gasteiger partial charge on any atom is -0.508 e. The first-order valence-corrected chi connectivity index (χ1v) is 7.00. The smallest absolute Gasteiger partial charge is 0.227 e. The minimum absolute atomic E-state index is 0.0297. The topological polar surface area (TPSA) is 84.6 Å². The maximum absolute atomic E-state index is 12.3. The van der Waals surface area contributed by atoms with Crippen molar-refractivity contribution < 1.29 is 14.6 Å². The van der Waals surface area contributed by atoms with E-state index in [-0.39, 0.29) is 11.7 Å². The summed E-state index contributed by atoms with van der Waals surface area (Å²) in [6.45, 7) is 2.14. The number of phenols is 1. The number of hydrogen-bond donors (Lipinski definition) is 3. The van der Waals surface area contributed by atoms with E-state index in [0.29, 0.717) is 39.1 Å². The molecule has 20 heavy (non-hydrogen) atoms. The molecular weight excluding hydrogens is 256 g/mol. The standard InChI is InChI=1S/C15H22N2O3/c16-11-15(6-9-20-10-7-15)14(19)17-8-5-12-1-3-13(18)4-2-12/h1-4,18H,5-11,16H2,(H,17,19). The van der Waals surface area contributed by atoms with E-state index in [2.05, 4.69) is 5.32 Å². The van der Waals surface area contributed by atoms with E-state index in [1.807, 2.05) is 12.1 Å². The highest BCUT2D eigenvalue weighted by atomic mass is 16.5. The van der Waals surface area contributed by atoms with E-state index >= 15 is 0 Å². The van der Waals surface area contributed by atoms with Gasteiger partial charge in [0.15, 0.2) is 0 Å². The Morgan fingerprint density at radius 3 is 2.55 bits per heavy atom. The van der Waals surface area contributed by atoms with Crippen molar-refractivity contribution in [1.29, 1.82) is 0 Å². The largest absolute Gasteiger partial charge is 0.508 e. The fourth-order valence-electron chi connectivity index (χ4n) is 2.46. The number of ether oxygens (including phenoxy) is 1. The maximum Gasteiger partial charge on any atom is 0.227 e. The molecule has 0 saturated carbocycles. The first kappa shape index (κ1) is 14.8. The zero-order chi connectivity index (χ0) is 14.4. The first-order valence-electron chi connectivity index (χ1n) is 7.00. The van der Waals surface area contributed by atoms with E-state index in [4.69, 9.17) is 10.5 Å². The Kier molecular flexibility index (Phi) is 4.98. The van der Waals surface area contributed by atoms with Crippen LogP contribution in [0.5, 0.6) is 5.75 Å². The molecule has 1 aliphatic rings. The van der Waals surface area contributed by atoms with E-state index in [1.54, 1.807) is 12.1 Å². The van der Waals surface area contributed by atoms with Gasteiger partial charge in [-0.05, 0) is 37.0 Å². The highest BCUT2D eigenvalue weighted by Gasteiger charge is 2.38. The molecule has 0 radical (unpaired) electrons. The molecule has 0 atom stereocenters. The molecule has 1 heterocycles. The van der Waals surface area contributed by atoms with Crippen LogP contribution in [0.15, 0.2) is 24.3 Å². The molecule has 1 aromatic rings. The molecule has 5 nitrogen and oxygen atoms in total. The highest BCUT2D eigenvalue weighted by molar-refractivity contribution is 5.83. The van der Waals surface area contributed by atoms with E-state index < -0.39 is 5.41 Å². The van der Waals surface area contributed by atoms with Crippen molar-refractivity contribution in [3.63, 3.8) is 0 Å². The summed E-state index contributed by atoms with van der Waals surface area (Å²) >= 11 is 0. The molecule has 0 unspecified atom stereocenters. The number of aromatic hydroxyl groups is 1. The Balaban J connectivity index is 1.83. The number of benzene rings is 1. The lowest BCUT2D eigenvalue weighted by molar-refractivity contribution is -0.135. The normalized spacial score (nSPS) is 17.6. The fourth-order valence-corrected chi connectivity index (χ4v) is 2.46. The van der Waals surface area contributed by atoms with Gasteiger partial charge in [-0.1, -0.05) is 12.1 Å². The quantitative estimate of drug-likeness (QED) is 0.744. The Bertz CT molecular complexity index is 439. The van der Waals surface area contributed by atoms with Crippen molar-refractivity contribution in [2.75, 3.05) is 26.3 Å². The molecule has 2 rings (SSSR count). The predicted octanol–water partition coefficient (Wildman–Crippen LogP) is 0.806. The lowest BCUT2D eigenvalue weighted by Crippen LogP contribution is -2.49. The molecule has 1 saturated heterocycles. The van der Waals surface area contributed by atoms with Gasteiger partial charge in [-0.15, -0.1) is 0 Å². The number of carbonyl (C=O) groups is 1. The number of nitrogens with one attached hydrogen (secondary N) is 1. The second-order valence-electron chi connectivity index (χ2n) is 5.27. The number of rotatable bonds is 5. The molecule has 0 bridgehead atoms. The summed E-state index contributed by atoms with van der Waals surface area (Å²) in [5.41, 5.74) is 6.41. The fraction of sp³-hybridized carbons (Fsp3) is 0.533. The summed E-state index contributed by atoms with van der Waals surface area (Å²) in [6, 6.07) is 7.01. The third-order valence-corrected chi connectivity index (χ3v) is 3.96. The molecule has 1 aromatic carbocycles. The lowest BCUT2D eigenvalue weighted by atomic mass is 9.79. The average Bonchev–Trinajstić information content (AvgIpc) is 2.50. The van der Waals surface area contributed by atoms with Gasteiger partial charge < -0.3 is 20.9 Å². The van der Waals surface area contributed by atoms with Crippen LogP contribution in [0, 0.1) is 5.41 Å². The van der Waals surface area contributed by atoms with Gasteiger partial charge in [0, 0.05) is 26.3 Å². The van der Waals surface area contributed by atoms with Gasteiger partial charge in [-0.2, -0.15) is 0 Å². The lowest BCUT2D eigenvalue weighted by Gasteiger charge is -2.34. The SMILES string of the molecule is NCC1(C(=O)NCCc2ccc(O)cc2)CCOCC1. The van der Waals surface area contributed by atoms with E-state index in [1.165, 1.54) is 0 Å². The van der Waals surface area contributed by atoms with Crippen molar-refractivity contribution in [3.05, 3.63) is 29.8 Å². The minimum atomic E-state index is -0.465. The molecule has 110 valence electrons. The summed E-state index contributed by atoms with van der Waals surface area (Å²) in [5, 5.41) is 12.2. The van der Waals surface area contributed by atoms with Crippen molar-refractivity contribution in [3.8, 4) is 5.75 Å². The molecule has 0 aromatic heterocycles. The summed E-state index contributed by atoms with van der Waals surface area (Å²) in [4.78, 5) is 12.3. The van der Waals surface area contributed by atoms with Gasteiger partial charge in [-0.3, -0.25) is 4.79 Å². The Morgan fingerprint density at radius 1 is 1.30 bits per heavy atom. The Hall–Kier alpha value is -1.59. The van der Waals surface area contributed by atoms with Crippen molar-refractivity contribution >= 4 is 5.91 Å². The molecule has 5 heteroatoms. The Morgan fingerprint density at radius 2 is 1.95 bits per heavy atom. The number of phenolic OH excluding ortho intramolecular Hbond substituents is 1. The van der Waals surface area contributed by atoms with Crippen LogP contribution >= 0.6 is 0 Å². The van der Waals surface area contributed by atoms with Crippen LogP contribution < -0.4 is 11.1 Å². The van der Waals surface area contributed by atoms with Gasteiger partial charge in [0.2, 0.25) is 5.91 Å². The van der Waals surface area contributed by atoms with E-state index in [9.17, 15) is 9.90 Å². The second kappa shape index (κ2) is 6.72. The van der Waals surface area contributed by atoms with Gasteiger partial charge in [0.1, 0.15) is 5.75 Å². The number of hydrogen-bond acceptors (Lipinski definition) is 4. The van der Waals surface area contributed by atoms with Crippen LogP contribution in [0.4, 0.5) is 0 Å². The Labute approximate surface area is 119 Å². The van der Waals surface area contributed by atoms with Crippen LogP contribution in [-0.4, -0.2) is 37.3 Å². The molecule has 1 fully saturated rings. The molecule has 0 aliphatic carbocycles. The molecular formula is C15H22N2O3. The van der Waals surface area contributed by atoms with Crippen molar-refractivity contribution in [1.82, 2.24) is 5.32 Å². The summed E-state index contributed by atoms with van der Waals surface area (Å²) in [7, 11) is 0. The van der Waals surface area contributed by atoms with Crippen molar-refractivity contribution in [2.45, 2.75) is 19.3 Å². The summed E-state index contributed by atoms with van der Waals surface area (Å²) in [6.07, 6.45) is 2.12. The number of nitrogens with two attached hydrogens (primary N) is 1. The van der Waals surface area contributed by atoms with Crippen LogP contribution in [0.25, 0.3) is 0 Å². The van der Waals surface area contributed by atoms with E-state index in [0.717, 1.165) is 12.0 Å². The third kappa shape index (κ3) is 3.49. The average molecular weight is 278 g/mol. The zero-order valence-electron chi connectivity index (χ0n) is 11.6. The summed E-state index contributed by atoms with van der Waals surface area (Å²) in [5.74, 6) is 0.282. The monoisotopic (exact) mass is 278 g/mol. The second-order valence-corrected chi connectivity index (χ2v) is 5.27. The van der Waals surface area contributed by atoms with Crippen LogP contribution in [-0.2, 0) is 16.0 Å². The van der Waals surface area contributed by atoms with Crippen molar-refractivity contribution in [2.24, 2.45) is 11.1 Å². The summed E-state index contributed by atoms with van der Waals surface area (Å²) < 4.78 is 5.30. The zero-order valence-corrected chi connectivity index (χ0v) is 11.6. The first-order chi connectivity index (χ1) is 9.66. The van der Waals surface area contributed by atoms with Crippen LogP contribution in [0.3, 0.4) is 0 Å². The van der Waals surface area contributed by atoms with Gasteiger partial charge in [0.05, 0.1) is 5.41 Å². The third-order valence-electron chi connectivity index (χ3n) is 3.96. The van der Waals surface area contributed by atoms with Gasteiger partial charge in [-0.25, -0.2) is 0 Å².